The summed E-state index contributed by atoms with van der Waals surface area (Å²) in [5, 5.41) is 11.2. The lowest BCUT2D eigenvalue weighted by atomic mass is 9.84. The number of carbonyl (C=O) groups excluding carboxylic acids is 1. The van der Waals surface area contributed by atoms with Crippen LogP contribution in [0.15, 0.2) is 0 Å². The Hall–Kier alpha value is -1.18. The number of hydrogen-bond acceptors (Lipinski definition) is 5. The molecule has 7 nitrogen and oxygen atoms in total. The third-order valence-electron chi connectivity index (χ3n) is 2.81. The molecule has 0 spiro atoms. The third-order valence-corrected chi connectivity index (χ3v) is 2.81. The van der Waals surface area contributed by atoms with E-state index < -0.39 is 11.9 Å². The lowest BCUT2D eigenvalue weighted by molar-refractivity contribution is -0.156. The van der Waals surface area contributed by atoms with Gasteiger partial charge >= 0.3 is 5.97 Å². The van der Waals surface area contributed by atoms with Gasteiger partial charge in [-0.2, -0.15) is 0 Å². The van der Waals surface area contributed by atoms with Crippen molar-refractivity contribution in [2.45, 2.75) is 25.5 Å². The zero-order valence-corrected chi connectivity index (χ0v) is 10.5. The molecule has 104 valence electrons. The fraction of sp³-hybridized carbons (Fsp3) is 0.818. The predicted molar refractivity (Wildman–Crippen MR) is 60.9 cm³/mol. The molecule has 1 saturated heterocycles. The number of rotatable bonds is 9. The maximum atomic E-state index is 11.4. The SMILES string of the molecule is COCCOCO[C@H](C)[C@@H]1C(=O)N[C@@H]1CC(=O)O. The number of methoxy groups -OCH3 is 1. The number of carboxylic acid groups (broad SMARTS) is 1. The first-order valence-electron chi connectivity index (χ1n) is 5.76. The van der Waals surface area contributed by atoms with Crippen LogP contribution in [0.1, 0.15) is 13.3 Å². The number of aliphatic carboxylic acids is 1. The molecule has 0 unspecified atom stereocenters. The van der Waals surface area contributed by atoms with Crippen LogP contribution in [0.3, 0.4) is 0 Å². The van der Waals surface area contributed by atoms with Gasteiger partial charge in [0.2, 0.25) is 5.91 Å². The summed E-state index contributed by atoms with van der Waals surface area (Å²) in [7, 11) is 1.57. The first kappa shape index (κ1) is 14.9. The van der Waals surface area contributed by atoms with Gasteiger partial charge in [0.1, 0.15) is 6.79 Å². The molecule has 0 bridgehead atoms. The van der Waals surface area contributed by atoms with Gasteiger partial charge in [-0.1, -0.05) is 0 Å². The van der Waals surface area contributed by atoms with Crippen molar-refractivity contribution in [1.29, 1.82) is 0 Å². The van der Waals surface area contributed by atoms with Crippen molar-refractivity contribution in [2.75, 3.05) is 27.1 Å². The fourth-order valence-electron chi connectivity index (χ4n) is 1.82. The molecule has 1 rings (SSSR count). The van der Waals surface area contributed by atoms with Crippen molar-refractivity contribution in [3.8, 4) is 0 Å². The number of hydrogen-bond donors (Lipinski definition) is 2. The number of β-lactam (4-membered cyclic amide) rings is 1. The molecule has 0 aromatic carbocycles. The van der Waals surface area contributed by atoms with Crippen LogP contribution in [-0.2, 0) is 23.8 Å². The molecular weight excluding hydrogens is 242 g/mol. The molecule has 1 amide bonds. The molecule has 18 heavy (non-hydrogen) atoms. The van der Waals surface area contributed by atoms with Gasteiger partial charge in [-0.15, -0.1) is 0 Å². The van der Waals surface area contributed by atoms with Crippen molar-refractivity contribution in [1.82, 2.24) is 5.32 Å². The Morgan fingerprint density at radius 2 is 2.22 bits per heavy atom. The molecule has 1 aliphatic rings. The highest BCUT2D eigenvalue weighted by Crippen LogP contribution is 2.23. The second-order valence-electron chi connectivity index (χ2n) is 4.13. The van der Waals surface area contributed by atoms with Crippen molar-refractivity contribution in [3.05, 3.63) is 0 Å². The Bertz CT molecular complexity index is 295. The first-order valence-corrected chi connectivity index (χ1v) is 5.76. The van der Waals surface area contributed by atoms with Gasteiger partial charge in [-0.25, -0.2) is 0 Å². The van der Waals surface area contributed by atoms with Crippen LogP contribution in [0.2, 0.25) is 0 Å². The molecule has 1 fully saturated rings. The predicted octanol–water partition coefficient (Wildman–Crippen LogP) is -0.399. The molecule has 0 aromatic rings. The summed E-state index contributed by atoms with van der Waals surface area (Å²) < 4.78 is 15.3. The van der Waals surface area contributed by atoms with Gasteiger partial charge in [-0.3, -0.25) is 9.59 Å². The van der Waals surface area contributed by atoms with Crippen LogP contribution in [0.5, 0.6) is 0 Å². The maximum Gasteiger partial charge on any atom is 0.305 e. The monoisotopic (exact) mass is 261 g/mol. The average Bonchev–Trinajstić information content (AvgIpc) is 2.27. The second-order valence-corrected chi connectivity index (χ2v) is 4.13. The number of nitrogens with one attached hydrogen (secondary N) is 1. The van der Waals surface area contributed by atoms with Crippen molar-refractivity contribution >= 4 is 11.9 Å². The lowest BCUT2D eigenvalue weighted by Crippen LogP contribution is -2.62. The zero-order valence-electron chi connectivity index (χ0n) is 10.5. The minimum absolute atomic E-state index is 0.0636. The summed E-state index contributed by atoms with van der Waals surface area (Å²) in [4.78, 5) is 21.9. The Kier molecular flexibility index (Phi) is 6.03. The largest absolute Gasteiger partial charge is 0.481 e. The normalized spacial score (nSPS) is 24.2. The molecule has 1 aliphatic heterocycles. The summed E-state index contributed by atoms with van der Waals surface area (Å²) in [5.41, 5.74) is 0. The summed E-state index contributed by atoms with van der Waals surface area (Å²) >= 11 is 0. The highest BCUT2D eigenvalue weighted by molar-refractivity contribution is 5.88. The third kappa shape index (κ3) is 4.25. The van der Waals surface area contributed by atoms with E-state index in [1.807, 2.05) is 0 Å². The molecule has 3 atom stereocenters. The summed E-state index contributed by atoms with van der Waals surface area (Å²) in [6, 6.07) is -0.357. The minimum Gasteiger partial charge on any atom is -0.481 e. The minimum atomic E-state index is -0.937. The lowest BCUT2D eigenvalue weighted by Gasteiger charge is -2.39. The molecule has 0 aliphatic carbocycles. The van der Waals surface area contributed by atoms with E-state index in [0.29, 0.717) is 13.2 Å². The highest BCUT2D eigenvalue weighted by atomic mass is 16.7. The van der Waals surface area contributed by atoms with Crippen molar-refractivity contribution < 1.29 is 28.9 Å². The smallest absolute Gasteiger partial charge is 0.305 e. The Balaban J connectivity index is 2.24. The van der Waals surface area contributed by atoms with Crippen LogP contribution in [0, 0.1) is 5.92 Å². The van der Waals surface area contributed by atoms with Gasteiger partial charge in [0.05, 0.1) is 37.7 Å². The second kappa shape index (κ2) is 7.30. The number of carbonyl (C=O) groups is 2. The highest BCUT2D eigenvalue weighted by Gasteiger charge is 2.44. The van der Waals surface area contributed by atoms with E-state index in [4.69, 9.17) is 19.3 Å². The van der Waals surface area contributed by atoms with Crippen LogP contribution in [0.4, 0.5) is 0 Å². The van der Waals surface area contributed by atoms with E-state index in [1.165, 1.54) is 0 Å². The average molecular weight is 261 g/mol. The van der Waals surface area contributed by atoms with Gasteiger partial charge in [0.25, 0.3) is 0 Å². The number of ether oxygens (including phenoxy) is 3. The fourth-order valence-corrected chi connectivity index (χ4v) is 1.82. The standard InChI is InChI=1S/C11H19NO6/c1-7(18-6-17-4-3-16-2)10-8(5-9(13)14)12-11(10)15/h7-8,10H,3-6H2,1-2H3,(H,12,15)(H,13,14)/t7-,8-,10+/m1/s1. The van der Waals surface area contributed by atoms with Gasteiger partial charge in [0.15, 0.2) is 0 Å². The summed E-state index contributed by atoms with van der Waals surface area (Å²) in [6.07, 6.45) is -0.458. The Morgan fingerprint density at radius 1 is 1.50 bits per heavy atom. The van der Waals surface area contributed by atoms with E-state index in [0.717, 1.165) is 0 Å². The van der Waals surface area contributed by atoms with Gasteiger partial charge in [0, 0.05) is 7.11 Å². The van der Waals surface area contributed by atoms with Crippen LogP contribution in [-0.4, -0.2) is 56.2 Å². The van der Waals surface area contributed by atoms with Crippen molar-refractivity contribution in [2.24, 2.45) is 5.92 Å². The molecule has 1 heterocycles. The van der Waals surface area contributed by atoms with E-state index in [1.54, 1.807) is 14.0 Å². The quantitative estimate of drug-likeness (QED) is 0.333. The van der Waals surface area contributed by atoms with Crippen LogP contribution in [0.25, 0.3) is 0 Å². The molecule has 7 heteroatoms. The van der Waals surface area contributed by atoms with Crippen LogP contribution >= 0.6 is 0 Å². The van der Waals surface area contributed by atoms with Crippen LogP contribution < -0.4 is 5.32 Å². The molecule has 0 aromatic heterocycles. The van der Waals surface area contributed by atoms with Gasteiger partial charge < -0.3 is 24.6 Å². The Labute approximate surface area is 105 Å². The van der Waals surface area contributed by atoms with E-state index in [2.05, 4.69) is 5.32 Å². The number of amides is 1. The van der Waals surface area contributed by atoms with E-state index in [-0.39, 0.29) is 31.3 Å². The van der Waals surface area contributed by atoms with E-state index in [9.17, 15) is 9.59 Å². The van der Waals surface area contributed by atoms with Gasteiger partial charge in [-0.05, 0) is 6.92 Å². The summed E-state index contributed by atoms with van der Waals surface area (Å²) in [6.45, 7) is 2.69. The van der Waals surface area contributed by atoms with Crippen molar-refractivity contribution in [3.63, 3.8) is 0 Å². The summed E-state index contributed by atoms with van der Waals surface area (Å²) in [5.74, 6) is -1.54. The maximum absolute atomic E-state index is 11.4. The first-order chi connectivity index (χ1) is 8.56. The molecule has 0 radical (unpaired) electrons. The molecular formula is C11H19NO6. The topological polar surface area (TPSA) is 94.1 Å². The molecule has 2 N–H and O–H groups in total. The zero-order chi connectivity index (χ0) is 13.5. The molecule has 0 saturated carbocycles. The van der Waals surface area contributed by atoms with E-state index >= 15 is 0 Å². The Morgan fingerprint density at radius 3 is 2.78 bits per heavy atom. The number of carboxylic acids is 1.